The van der Waals surface area contributed by atoms with Crippen molar-refractivity contribution in [3.8, 4) is 0 Å². The van der Waals surface area contributed by atoms with Gasteiger partial charge in [0.15, 0.2) is 0 Å². The van der Waals surface area contributed by atoms with E-state index >= 15 is 0 Å². The monoisotopic (exact) mass is 573 g/mol. The van der Waals surface area contributed by atoms with Crippen LogP contribution >= 0.6 is 0 Å². The number of amides is 3. The average Bonchev–Trinajstić information content (AvgIpc) is 3.62. The van der Waals surface area contributed by atoms with Crippen molar-refractivity contribution in [3.05, 3.63) is 25.3 Å². The Labute approximate surface area is 243 Å². The van der Waals surface area contributed by atoms with Gasteiger partial charge in [-0.1, -0.05) is 38.3 Å². The molecule has 0 aromatic carbocycles. The lowest BCUT2D eigenvalue weighted by Crippen LogP contribution is -2.60. The number of allylic oxidation sites excluding steroid dienone is 1. The van der Waals surface area contributed by atoms with Crippen LogP contribution in [0.2, 0.25) is 0 Å². The van der Waals surface area contributed by atoms with Crippen LogP contribution in [0.25, 0.3) is 0 Å². The molecule has 0 unspecified atom stereocenters. The summed E-state index contributed by atoms with van der Waals surface area (Å²) in [6.45, 7) is 11.3. The fourth-order valence-electron chi connectivity index (χ4n) is 7.45. The Bertz CT molecular complexity index is 1010. The molecule has 2 N–H and O–H groups in total. The first-order chi connectivity index (χ1) is 19.7. The highest BCUT2D eigenvalue weighted by Gasteiger charge is 2.75. The van der Waals surface area contributed by atoms with Crippen LogP contribution < -0.4 is 5.32 Å². The topological polar surface area (TPSA) is 125 Å². The molecule has 3 heterocycles. The molecule has 3 aliphatic heterocycles. The SMILES string of the molecule is C=CCCC(=O)NC[C@@H](C)OC(=O)[C@@H]1[C@@H]2CC[C@]3(O2)[C@H](C(=O)N(CC=C)C2CCCCC2)N([C@@H](CC)CO)C(=O)[C@@H]13. The molecule has 3 amide bonds. The Morgan fingerprint density at radius 2 is 1.95 bits per heavy atom. The molecule has 10 heteroatoms. The maximum atomic E-state index is 14.5. The summed E-state index contributed by atoms with van der Waals surface area (Å²) in [6.07, 6.45) is 9.61. The van der Waals surface area contributed by atoms with Crippen molar-refractivity contribution in [2.75, 3.05) is 19.7 Å². The zero-order valence-electron chi connectivity index (χ0n) is 24.6. The molecule has 228 valence electrons. The van der Waals surface area contributed by atoms with Crippen molar-refractivity contribution in [1.29, 1.82) is 0 Å². The quantitative estimate of drug-likeness (QED) is 0.242. The lowest BCUT2D eigenvalue weighted by molar-refractivity contribution is -0.160. The van der Waals surface area contributed by atoms with E-state index in [0.29, 0.717) is 38.6 Å². The first kappa shape index (κ1) is 31.2. The van der Waals surface area contributed by atoms with Crippen molar-refractivity contribution < 1.29 is 33.8 Å². The number of carbonyl (C=O) groups is 4. The first-order valence-corrected chi connectivity index (χ1v) is 15.3. The number of aliphatic hydroxyl groups excluding tert-OH is 1. The maximum Gasteiger partial charge on any atom is 0.312 e. The van der Waals surface area contributed by atoms with Gasteiger partial charge in [0.25, 0.3) is 0 Å². The van der Waals surface area contributed by atoms with Crippen molar-refractivity contribution in [1.82, 2.24) is 15.1 Å². The van der Waals surface area contributed by atoms with Gasteiger partial charge in [-0.25, -0.2) is 0 Å². The second-order valence-electron chi connectivity index (χ2n) is 12.0. The van der Waals surface area contributed by atoms with Crippen LogP contribution in [0.15, 0.2) is 25.3 Å². The van der Waals surface area contributed by atoms with E-state index < -0.39 is 47.7 Å². The number of esters is 1. The Kier molecular flexibility index (Phi) is 10.3. The molecule has 4 rings (SSSR count). The molecule has 4 aliphatic rings. The first-order valence-electron chi connectivity index (χ1n) is 15.3. The number of fused-ring (bicyclic) bond motifs is 1. The van der Waals surface area contributed by atoms with Gasteiger partial charge in [0, 0.05) is 19.0 Å². The summed E-state index contributed by atoms with van der Waals surface area (Å²) in [7, 11) is 0. The fraction of sp³-hybridized carbons (Fsp3) is 0.742. The molecular weight excluding hydrogens is 526 g/mol. The van der Waals surface area contributed by atoms with Crippen LogP contribution in [-0.4, -0.2) is 94.2 Å². The third-order valence-electron chi connectivity index (χ3n) is 9.42. The van der Waals surface area contributed by atoms with Crippen molar-refractivity contribution >= 4 is 23.7 Å². The number of likely N-dealkylation sites (tertiary alicyclic amines) is 1. The van der Waals surface area contributed by atoms with Gasteiger partial charge in [0.05, 0.1) is 37.1 Å². The Hall–Kier alpha value is -2.72. The summed E-state index contributed by atoms with van der Waals surface area (Å²) in [5, 5.41) is 13.0. The lowest BCUT2D eigenvalue weighted by Gasteiger charge is -2.42. The minimum absolute atomic E-state index is 0.0535. The van der Waals surface area contributed by atoms with Gasteiger partial charge in [-0.05, 0) is 45.4 Å². The van der Waals surface area contributed by atoms with E-state index in [1.807, 2.05) is 11.8 Å². The largest absolute Gasteiger partial charge is 0.460 e. The van der Waals surface area contributed by atoms with Gasteiger partial charge in [0.1, 0.15) is 17.7 Å². The molecule has 10 nitrogen and oxygen atoms in total. The molecule has 2 bridgehead atoms. The van der Waals surface area contributed by atoms with Gasteiger partial charge in [-0.2, -0.15) is 0 Å². The number of nitrogens with zero attached hydrogens (tertiary/aromatic N) is 2. The summed E-state index contributed by atoms with van der Waals surface area (Å²) in [5.74, 6) is -2.95. The maximum absolute atomic E-state index is 14.5. The molecule has 0 aromatic heterocycles. The average molecular weight is 574 g/mol. The fourth-order valence-corrected chi connectivity index (χ4v) is 7.45. The van der Waals surface area contributed by atoms with E-state index in [9.17, 15) is 24.3 Å². The molecular formula is C31H47N3O7. The van der Waals surface area contributed by atoms with E-state index in [1.165, 1.54) is 4.90 Å². The van der Waals surface area contributed by atoms with E-state index in [2.05, 4.69) is 18.5 Å². The molecule has 41 heavy (non-hydrogen) atoms. The number of carbonyl (C=O) groups excluding carboxylic acids is 4. The Balaban J connectivity index is 1.59. The normalized spacial score (nSPS) is 30.4. The number of nitrogens with one attached hydrogen (secondary N) is 1. The molecule has 0 radical (unpaired) electrons. The van der Waals surface area contributed by atoms with E-state index in [0.717, 1.165) is 32.1 Å². The van der Waals surface area contributed by atoms with Crippen LogP contribution in [0.4, 0.5) is 0 Å². The zero-order valence-corrected chi connectivity index (χ0v) is 24.6. The number of hydrogen-bond acceptors (Lipinski definition) is 7. The second-order valence-corrected chi connectivity index (χ2v) is 12.0. The highest BCUT2D eigenvalue weighted by Crippen LogP contribution is 2.59. The third-order valence-corrected chi connectivity index (χ3v) is 9.42. The highest BCUT2D eigenvalue weighted by atomic mass is 16.6. The van der Waals surface area contributed by atoms with Gasteiger partial charge < -0.3 is 29.7 Å². The Morgan fingerprint density at radius 1 is 1.22 bits per heavy atom. The predicted molar refractivity (Wildman–Crippen MR) is 152 cm³/mol. The Morgan fingerprint density at radius 3 is 2.59 bits per heavy atom. The van der Waals surface area contributed by atoms with Crippen LogP contribution in [0.3, 0.4) is 0 Å². The summed E-state index contributed by atoms with van der Waals surface area (Å²) in [6, 6.07) is -1.45. The third kappa shape index (κ3) is 5.95. The summed E-state index contributed by atoms with van der Waals surface area (Å²) >= 11 is 0. The summed E-state index contributed by atoms with van der Waals surface area (Å²) in [5.41, 5.74) is -1.15. The number of ether oxygens (including phenoxy) is 2. The number of rotatable bonds is 14. The van der Waals surface area contributed by atoms with E-state index in [-0.39, 0.29) is 36.9 Å². The molecule has 1 aliphatic carbocycles. The lowest BCUT2D eigenvalue weighted by atomic mass is 9.70. The number of aliphatic hydroxyl groups is 1. The molecule has 1 saturated carbocycles. The van der Waals surface area contributed by atoms with E-state index in [4.69, 9.17) is 9.47 Å². The van der Waals surface area contributed by atoms with Crippen molar-refractivity contribution in [2.24, 2.45) is 11.8 Å². The molecule has 3 saturated heterocycles. The van der Waals surface area contributed by atoms with Crippen molar-refractivity contribution in [2.45, 2.75) is 114 Å². The van der Waals surface area contributed by atoms with Crippen LogP contribution in [0, 0.1) is 11.8 Å². The van der Waals surface area contributed by atoms with Gasteiger partial charge in [-0.3, -0.25) is 19.2 Å². The smallest absolute Gasteiger partial charge is 0.312 e. The zero-order chi connectivity index (χ0) is 29.7. The molecule has 1 spiro atoms. The van der Waals surface area contributed by atoms with Gasteiger partial charge in [0.2, 0.25) is 17.7 Å². The second kappa shape index (κ2) is 13.5. The van der Waals surface area contributed by atoms with Gasteiger partial charge >= 0.3 is 5.97 Å². The molecule has 7 atom stereocenters. The highest BCUT2D eigenvalue weighted by molar-refractivity contribution is 5.98. The van der Waals surface area contributed by atoms with Gasteiger partial charge in [-0.15, -0.1) is 13.2 Å². The molecule has 4 fully saturated rings. The molecule has 0 aromatic rings. The van der Waals surface area contributed by atoms with Crippen LogP contribution in [0.1, 0.15) is 78.1 Å². The summed E-state index contributed by atoms with van der Waals surface area (Å²) < 4.78 is 12.3. The van der Waals surface area contributed by atoms with E-state index in [1.54, 1.807) is 19.1 Å². The minimum Gasteiger partial charge on any atom is -0.460 e. The minimum atomic E-state index is -1.15. The number of hydrogen-bond donors (Lipinski definition) is 2. The van der Waals surface area contributed by atoms with Crippen LogP contribution in [0.5, 0.6) is 0 Å². The van der Waals surface area contributed by atoms with Crippen LogP contribution in [-0.2, 0) is 28.7 Å². The van der Waals surface area contributed by atoms with Crippen molar-refractivity contribution in [3.63, 3.8) is 0 Å². The standard InChI is InChI=1S/C31H47N3O7/c1-5-8-14-24(36)32-18-20(4)40-30(39)25-23-15-16-31(41-23)26(25)28(37)34(21(7-3)19-35)27(31)29(38)33(17-6-2)22-12-10-9-11-13-22/h5-6,20-23,25-27,35H,1-2,7-19H2,3-4H3,(H,32,36)/t20-,21+,23+,25-,26-,27+,31-/m1/s1. The predicted octanol–water partition coefficient (Wildman–Crippen LogP) is 2.49. The summed E-state index contributed by atoms with van der Waals surface area (Å²) in [4.78, 5) is 57.6.